The first-order valence-corrected chi connectivity index (χ1v) is 16.0. The van der Waals surface area contributed by atoms with Gasteiger partial charge in [-0.05, 0) is 11.8 Å². The van der Waals surface area contributed by atoms with Gasteiger partial charge < -0.3 is 0 Å². The van der Waals surface area contributed by atoms with Crippen molar-refractivity contribution in [3.63, 3.8) is 0 Å². The van der Waals surface area contributed by atoms with Gasteiger partial charge in [-0.15, -0.1) is 0 Å². The summed E-state index contributed by atoms with van der Waals surface area (Å²) in [6.45, 7) is 12.7. The molecule has 5 rings (SSSR count). The molecule has 36 heavy (non-hydrogen) atoms. The van der Waals surface area contributed by atoms with Crippen LogP contribution in [0.15, 0.2) is 35.9 Å². The van der Waals surface area contributed by atoms with Crippen LogP contribution >= 0.6 is 0 Å². The maximum atomic E-state index is 10.3. The minimum absolute atomic E-state index is 0.345. The summed E-state index contributed by atoms with van der Waals surface area (Å²) in [5.74, 6) is 5.92. The number of fused-ring (bicyclic) bond motifs is 5. The summed E-state index contributed by atoms with van der Waals surface area (Å²) in [6, 6.07) is 8.50. The van der Waals surface area contributed by atoms with E-state index in [1.165, 1.54) is 76.2 Å². The monoisotopic (exact) mass is 554 g/mol. The van der Waals surface area contributed by atoms with E-state index in [0.717, 1.165) is 41.1 Å². The minimum atomic E-state index is 0.345. The predicted molar refractivity (Wildman–Crippen MR) is 154 cm³/mol. The third-order valence-electron chi connectivity index (χ3n) is 11.9. The zero-order chi connectivity index (χ0) is 25.7. The van der Waals surface area contributed by atoms with Crippen LogP contribution in [0.25, 0.3) is 0 Å². The van der Waals surface area contributed by atoms with Crippen molar-refractivity contribution in [3.05, 3.63) is 47.0 Å². The molecule has 0 aliphatic heterocycles. The molecule has 0 aromatic heterocycles. The first kappa shape index (κ1) is 26.7. The third kappa shape index (κ3) is 4.62. The van der Waals surface area contributed by atoms with Crippen LogP contribution in [-0.4, -0.2) is 25.3 Å². The molecule has 0 saturated heterocycles. The van der Waals surface area contributed by atoms with Crippen molar-refractivity contribution in [1.82, 2.24) is 0 Å². The fourth-order valence-electron chi connectivity index (χ4n) is 10.00. The number of hydrogen-bond acceptors (Lipinski definition) is 1. The van der Waals surface area contributed by atoms with Gasteiger partial charge in [0, 0.05) is 0 Å². The number of benzene rings is 1. The SMILES string of the molecule is CC(C)CCC[C@@H](C)[C@H]1CCC2C3CC=C4CC(c5ccccc5C(O)=[Se])CC[C@]4(C)C3CC[C@@]21C. The summed E-state index contributed by atoms with van der Waals surface area (Å²) in [5, 5.41) is 10.3. The Balaban J connectivity index is 1.32. The van der Waals surface area contributed by atoms with Gasteiger partial charge in [-0.3, -0.25) is 0 Å². The molecule has 1 N–H and O–H groups in total. The van der Waals surface area contributed by atoms with E-state index < -0.39 is 0 Å². The number of allylic oxidation sites excluding steroid dienone is 2. The molecular weight excluding hydrogens is 503 g/mol. The van der Waals surface area contributed by atoms with E-state index in [0.29, 0.717) is 21.4 Å². The Hall–Kier alpha value is -0.851. The zero-order valence-electron chi connectivity index (χ0n) is 23.6. The Kier molecular flexibility index (Phi) is 7.71. The molecule has 1 aromatic rings. The van der Waals surface area contributed by atoms with Gasteiger partial charge in [0.2, 0.25) is 0 Å². The molecule has 3 fully saturated rings. The van der Waals surface area contributed by atoms with E-state index >= 15 is 0 Å². The maximum absolute atomic E-state index is 10.3. The molecule has 3 saturated carbocycles. The van der Waals surface area contributed by atoms with Crippen molar-refractivity contribution in [2.45, 2.75) is 111 Å². The van der Waals surface area contributed by atoms with E-state index in [4.69, 9.17) is 0 Å². The van der Waals surface area contributed by atoms with Gasteiger partial charge in [0.1, 0.15) is 0 Å². The van der Waals surface area contributed by atoms with E-state index in [1.807, 2.05) is 6.07 Å². The Labute approximate surface area is 229 Å². The van der Waals surface area contributed by atoms with Crippen molar-refractivity contribution in [3.8, 4) is 0 Å². The van der Waals surface area contributed by atoms with Gasteiger partial charge in [-0.25, -0.2) is 0 Å². The van der Waals surface area contributed by atoms with Gasteiger partial charge in [0.05, 0.1) is 0 Å². The molecule has 4 aliphatic carbocycles. The first-order valence-electron chi connectivity index (χ1n) is 15.2. The summed E-state index contributed by atoms with van der Waals surface area (Å²) in [5.41, 5.74) is 5.05. The van der Waals surface area contributed by atoms with Gasteiger partial charge in [0.15, 0.2) is 0 Å². The number of rotatable bonds is 7. The van der Waals surface area contributed by atoms with Crippen LogP contribution in [0.1, 0.15) is 122 Å². The second-order valence-corrected chi connectivity index (χ2v) is 14.9. The molecule has 4 aliphatic rings. The fraction of sp³-hybridized carbons (Fsp3) is 0.735. The predicted octanol–water partition coefficient (Wildman–Crippen LogP) is 8.83. The number of aliphatic hydroxyl groups is 1. The summed E-state index contributed by atoms with van der Waals surface area (Å²) >= 11 is 2.85. The van der Waals surface area contributed by atoms with E-state index in [1.54, 1.807) is 5.57 Å². The molecule has 0 heterocycles. The van der Waals surface area contributed by atoms with E-state index in [2.05, 4.69) is 74.5 Å². The second kappa shape index (κ2) is 10.4. The average Bonchev–Trinajstić information content (AvgIpc) is 3.20. The van der Waals surface area contributed by atoms with E-state index in [-0.39, 0.29) is 0 Å². The van der Waals surface area contributed by atoms with Crippen LogP contribution in [-0.2, 0) is 0 Å². The Morgan fingerprint density at radius 1 is 1.00 bits per heavy atom. The first-order chi connectivity index (χ1) is 17.1. The molecule has 0 radical (unpaired) electrons. The number of hydrogen-bond donors (Lipinski definition) is 1. The van der Waals surface area contributed by atoms with Crippen LogP contribution in [0.3, 0.4) is 0 Å². The van der Waals surface area contributed by atoms with Gasteiger partial charge >= 0.3 is 178 Å². The van der Waals surface area contributed by atoms with E-state index in [9.17, 15) is 5.11 Å². The Morgan fingerprint density at radius 3 is 2.53 bits per heavy atom. The summed E-state index contributed by atoms with van der Waals surface area (Å²) < 4.78 is 0.345. The normalized spacial score (nSPS) is 38.6. The zero-order valence-corrected chi connectivity index (χ0v) is 25.3. The summed E-state index contributed by atoms with van der Waals surface area (Å²) in [7, 11) is 0. The van der Waals surface area contributed by atoms with Crippen LogP contribution in [0.2, 0.25) is 0 Å². The summed E-state index contributed by atoms with van der Waals surface area (Å²) in [6.07, 6.45) is 17.9. The average molecular weight is 554 g/mol. The van der Waals surface area contributed by atoms with Crippen molar-refractivity contribution < 1.29 is 5.11 Å². The molecule has 4 unspecified atom stereocenters. The molecule has 1 nitrogen and oxygen atoms in total. The van der Waals surface area contributed by atoms with Crippen LogP contribution in [0.4, 0.5) is 0 Å². The van der Waals surface area contributed by atoms with Crippen molar-refractivity contribution in [1.29, 1.82) is 0 Å². The van der Waals surface area contributed by atoms with Gasteiger partial charge in [0.25, 0.3) is 0 Å². The molecule has 8 atom stereocenters. The molecule has 1 aromatic carbocycles. The van der Waals surface area contributed by atoms with Crippen molar-refractivity contribution in [2.24, 2.45) is 46.3 Å². The fourth-order valence-corrected chi connectivity index (χ4v) is 10.4. The second-order valence-electron chi connectivity index (χ2n) is 14.1. The molecule has 0 bridgehead atoms. The van der Waals surface area contributed by atoms with Gasteiger partial charge in [-0.2, -0.15) is 0 Å². The van der Waals surface area contributed by atoms with Crippen LogP contribution in [0, 0.1) is 46.3 Å². The quantitative estimate of drug-likeness (QED) is 0.264. The Bertz CT molecular complexity index is 993. The van der Waals surface area contributed by atoms with Crippen LogP contribution < -0.4 is 0 Å². The molecule has 0 spiro atoms. The standard InChI is InChI=1S/C34H50OSe/c1-22(2)9-8-10-23(3)29-15-16-30-28-14-13-25-21-24(26-11-6-7-12-27(26)32(35)36)17-19-33(25,4)31(28)18-20-34(29,30)5/h6-7,11-13,22-24,28-31H,8-10,14-21H2,1-5H3,(H,35,36)/t23-,24?,28?,29-,30?,31?,33+,34-/m1/s1. The molecule has 198 valence electrons. The third-order valence-corrected chi connectivity index (χ3v) is 12.4. The topological polar surface area (TPSA) is 20.2 Å². The number of aliphatic hydroxyl groups excluding tert-OH is 1. The van der Waals surface area contributed by atoms with Gasteiger partial charge in [-0.1, -0.05) is 40.0 Å². The van der Waals surface area contributed by atoms with Crippen molar-refractivity contribution in [2.75, 3.05) is 0 Å². The summed E-state index contributed by atoms with van der Waals surface area (Å²) in [4.78, 5) is 0. The molecule has 2 heteroatoms. The van der Waals surface area contributed by atoms with Crippen LogP contribution in [0.5, 0.6) is 0 Å². The molecular formula is C34H50OSe. The Morgan fingerprint density at radius 2 is 1.78 bits per heavy atom. The van der Waals surface area contributed by atoms with Crippen molar-refractivity contribution >= 4 is 20.2 Å². The molecule has 0 amide bonds.